The molecule has 1 aliphatic heterocycles. The minimum atomic E-state index is 0.327. The molecule has 23 heavy (non-hydrogen) atoms. The van der Waals surface area contributed by atoms with Gasteiger partial charge < -0.3 is 10.2 Å². The lowest BCUT2D eigenvalue weighted by Crippen LogP contribution is -2.36. The maximum atomic E-state index is 12.8. The standard InChI is InChI=1S/C19H27ClN2O/c1-14(16-8-10-21-11-9-16)12-19(23)22(18-6-7-18)13-15-2-4-17(20)5-3-15/h2-5,14,16,18,21H,6-13H2,1H3. The van der Waals surface area contributed by atoms with Crippen LogP contribution in [0.2, 0.25) is 5.02 Å². The van der Waals surface area contributed by atoms with Gasteiger partial charge in [-0.05, 0) is 68.3 Å². The van der Waals surface area contributed by atoms with E-state index in [9.17, 15) is 4.79 Å². The highest BCUT2D eigenvalue weighted by atomic mass is 35.5. The summed E-state index contributed by atoms with van der Waals surface area (Å²) < 4.78 is 0. The summed E-state index contributed by atoms with van der Waals surface area (Å²) in [7, 11) is 0. The lowest BCUT2D eigenvalue weighted by Gasteiger charge is -2.30. The Morgan fingerprint density at radius 2 is 1.87 bits per heavy atom. The maximum absolute atomic E-state index is 12.8. The van der Waals surface area contributed by atoms with Gasteiger partial charge in [0.1, 0.15) is 0 Å². The Morgan fingerprint density at radius 1 is 1.22 bits per heavy atom. The predicted octanol–water partition coefficient (Wildman–Crippen LogP) is 3.86. The molecule has 2 fully saturated rings. The van der Waals surface area contributed by atoms with Crippen LogP contribution in [-0.2, 0) is 11.3 Å². The molecule has 1 aromatic carbocycles. The molecule has 3 rings (SSSR count). The van der Waals surface area contributed by atoms with Crippen LogP contribution in [-0.4, -0.2) is 29.9 Å². The first-order valence-electron chi connectivity index (χ1n) is 8.88. The van der Waals surface area contributed by atoms with Gasteiger partial charge in [0.25, 0.3) is 0 Å². The van der Waals surface area contributed by atoms with Gasteiger partial charge in [-0.1, -0.05) is 30.7 Å². The first-order chi connectivity index (χ1) is 11.1. The molecule has 0 bridgehead atoms. The second-order valence-corrected chi connectivity index (χ2v) is 7.58. The minimum Gasteiger partial charge on any atom is -0.335 e. The second kappa shape index (κ2) is 7.67. The van der Waals surface area contributed by atoms with E-state index in [2.05, 4.69) is 17.1 Å². The fraction of sp³-hybridized carbons (Fsp3) is 0.632. The zero-order valence-electron chi connectivity index (χ0n) is 13.9. The highest BCUT2D eigenvalue weighted by Crippen LogP contribution is 2.31. The molecule has 1 aromatic rings. The monoisotopic (exact) mass is 334 g/mol. The zero-order chi connectivity index (χ0) is 16.2. The zero-order valence-corrected chi connectivity index (χ0v) is 14.7. The van der Waals surface area contributed by atoms with E-state index >= 15 is 0 Å². The van der Waals surface area contributed by atoms with Crippen LogP contribution in [0.5, 0.6) is 0 Å². The van der Waals surface area contributed by atoms with Crippen molar-refractivity contribution in [3.05, 3.63) is 34.9 Å². The van der Waals surface area contributed by atoms with Gasteiger partial charge in [0.15, 0.2) is 0 Å². The molecule has 1 heterocycles. The summed E-state index contributed by atoms with van der Waals surface area (Å²) in [4.78, 5) is 14.9. The first-order valence-corrected chi connectivity index (χ1v) is 9.26. The highest BCUT2D eigenvalue weighted by Gasteiger charge is 2.33. The Balaban J connectivity index is 1.58. The maximum Gasteiger partial charge on any atom is 0.223 e. The molecule has 1 atom stereocenters. The summed E-state index contributed by atoms with van der Waals surface area (Å²) in [6.45, 7) is 5.17. The largest absolute Gasteiger partial charge is 0.335 e. The lowest BCUT2D eigenvalue weighted by atomic mass is 9.84. The van der Waals surface area contributed by atoms with Crippen LogP contribution in [0.25, 0.3) is 0 Å². The Bertz CT molecular complexity index is 521. The van der Waals surface area contributed by atoms with E-state index in [0.29, 0.717) is 30.2 Å². The number of piperidine rings is 1. The lowest BCUT2D eigenvalue weighted by molar-refractivity contribution is -0.133. The Kier molecular flexibility index (Phi) is 5.60. The summed E-state index contributed by atoms with van der Waals surface area (Å²) in [6, 6.07) is 8.33. The summed E-state index contributed by atoms with van der Waals surface area (Å²) in [5.74, 6) is 1.50. The van der Waals surface area contributed by atoms with Gasteiger partial charge >= 0.3 is 0 Å². The molecular weight excluding hydrogens is 308 g/mol. The van der Waals surface area contributed by atoms with Crippen molar-refractivity contribution in [3.63, 3.8) is 0 Å². The van der Waals surface area contributed by atoms with Gasteiger partial charge in [0.05, 0.1) is 0 Å². The molecule has 0 radical (unpaired) electrons. The van der Waals surface area contributed by atoms with Gasteiger partial charge in [0, 0.05) is 24.0 Å². The van der Waals surface area contributed by atoms with Crippen molar-refractivity contribution in [2.45, 2.75) is 51.6 Å². The van der Waals surface area contributed by atoms with Crippen molar-refractivity contribution in [1.29, 1.82) is 0 Å². The normalized spacial score (nSPS) is 20.3. The number of hydrogen-bond donors (Lipinski definition) is 1. The van der Waals surface area contributed by atoms with Crippen molar-refractivity contribution in [3.8, 4) is 0 Å². The third-order valence-corrected chi connectivity index (χ3v) is 5.51. The van der Waals surface area contributed by atoms with Gasteiger partial charge in [-0.3, -0.25) is 4.79 Å². The number of hydrogen-bond acceptors (Lipinski definition) is 2. The molecule has 0 spiro atoms. The van der Waals surface area contributed by atoms with Gasteiger partial charge in [-0.15, -0.1) is 0 Å². The molecule has 0 aromatic heterocycles. The molecule has 3 nitrogen and oxygen atoms in total. The Hall–Kier alpha value is -1.06. The van der Waals surface area contributed by atoms with Gasteiger partial charge in [-0.2, -0.15) is 0 Å². The number of nitrogens with zero attached hydrogens (tertiary/aromatic N) is 1. The SMILES string of the molecule is CC(CC(=O)N(Cc1ccc(Cl)cc1)C1CC1)C1CCNCC1. The number of halogens is 1. The quantitative estimate of drug-likeness (QED) is 0.856. The summed E-state index contributed by atoms with van der Waals surface area (Å²) in [5.41, 5.74) is 1.17. The van der Waals surface area contributed by atoms with Crippen molar-refractivity contribution >= 4 is 17.5 Å². The number of benzene rings is 1. The molecule has 4 heteroatoms. The first kappa shape index (κ1) is 16.8. The Morgan fingerprint density at radius 3 is 2.48 bits per heavy atom. The van der Waals surface area contributed by atoms with Crippen molar-refractivity contribution in [1.82, 2.24) is 10.2 Å². The van der Waals surface area contributed by atoms with Gasteiger partial charge in [0.2, 0.25) is 5.91 Å². The highest BCUT2D eigenvalue weighted by molar-refractivity contribution is 6.30. The molecule has 1 aliphatic carbocycles. The smallest absolute Gasteiger partial charge is 0.223 e. The van der Waals surface area contributed by atoms with Crippen LogP contribution < -0.4 is 5.32 Å². The fourth-order valence-corrected chi connectivity index (χ4v) is 3.69. The molecular formula is C19H27ClN2O. The van der Waals surface area contributed by atoms with Crippen LogP contribution in [0, 0.1) is 11.8 Å². The minimum absolute atomic E-state index is 0.327. The third-order valence-electron chi connectivity index (χ3n) is 5.26. The molecule has 1 N–H and O–H groups in total. The van der Waals surface area contributed by atoms with E-state index in [0.717, 1.165) is 37.5 Å². The van der Waals surface area contributed by atoms with Crippen LogP contribution in [0.3, 0.4) is 0 Å². The van der Waals surface area contributed by atoms with Crippen LogP contribution in [0.1, 0.15) is 44.6 Å². The average molecular weight is 335 g/mol. The molecule has 126 valence electrons. The van der Waals surface area contributed by atoms with E-state index in [-0.39, 0.29) is 0 Å². The number of amides is 1. The van der Waals surface area contributed by atoms with Crippen molar-refractivity contribution in [2.75, 3.05) is 13.1 Å². The molecule has 1 saturated carbocycles. The fourth-order valence-electron chi connectivity index (χ4n) is 3.57. The van der Waals surface area contributed by atoms with E-state index < -0.39 is 0 Å². The number of carbonyl (C=O) groups is 1. The van der Waals surface area contributed by atoms with Crippen molar-refractivity contribution in [2.24, 2.45) is 11.8 Å². The van der Waals surface area contributed by atoms with E-state index in [4.69, 9.17) is 11.6 Å². The van der Waals surface area contributed by atoms with E-state index in [1.807, 2.05) is 24.3 Å². The predicted molar refractivity (Wildman–Crippen MR) is 94.4 cm³/mol. The number of rotatable bonds is 6. The topological polar surface area (TPSA) is 32.3 Å². The second-order valence-electron chi connectivity index (χ2n) is 7.15. The van der Waals surface area contributed by atoms with E-state index in [1.165, 1.54) is 18.4 Å². The summed E-state index contributed by atoms with van der Waals surface area (Å²) in [6.07, 6.45) is 5.40. The van der Waals surface area contributed by atoms with Crippen LogP contribution >= 0.6 is 11.6 Å². The average Bonchev–Trinajstić information content (AvgIpc) is 3.39. The van der Waals surface area contributed by atoms with Crippen LogP contribution in [0.15, 0.2) is 24.3 Å². The number of nitrogens with one attached hydrogen (secondary N) is 1. The van der Waals surface area contributed by atoms with Crippen LogP contribution in [0.4, 0.5) is 0 Å². The molecule has 1 saturated heterocycles. The van der Waals surface area contributed by atoms with Gasteiger partial charge in [-0.25, -0.2) is 0 Å². The molecule has 1 unspecified atom stereocenters. The Labute approximate surface area is 144 Å². The third kappa shape index (κ3) is 4.71. The number of carbonyl (C=O) groups excluding carboxylic acids is 1. The molecule has 1 amide bonds. The summed E-state index contributed by atoms with van der Waals surface area (Å²) in [5, 5.41) is 4.15. The summed E-state index contributed by atoms with van der Waals surface area (Å²) >= 11 is 5.95. The molecule has 2 aliphatic rings. The van der Waals surface area contributed by atoms with Crippen molar-refractivity contribution < 1.29 is 4.79 Å². The van der Waals surface area contributed by atoms with E-state index in [1.54, 1.807) is 0 Å².